The van der Waals surface area contributed by atoms with E-state index < -0.39 is 17.4 Å². The summed E-state index contributed by atoms with van der Waals surface area (Å²) in [6.45, 7) is 0.967. The molecule has 3 aromatic rings. The minimum atomic E-state index is -4.43. The SMILES string of the molecule is CO.Cn1c(=O)nc(N2CCC(Oc3cccc(C(F)(F)F)c3)CC2)c2nc(C#N)ccc21. The number of aromatic nitrogens is 3. The van der Waals surface area contributed by atoms with Gasteiger partial charge in [-0.15, -0.1) is 0 Å². The van der Waals surface area contributed by atoms with Crippen LogP contribution in [0, 0.1) is 11.3 Å². The Balaban J connectivity index is 0.00000149. The number of anilines is 1. The number of aryl methyl sites for hydroxylation is 1. The van der Waals surface area contributed by atoms with E-state index in [1.807, 2.05) is 11.0 Å². The second-order valence-electron chi connectivity index (χ2n) is 7.28. The van der Waals surface area contributed by atoms with Crippen molar-refractivity contribution in [3.8, 4) is 11.8 Å². The van der Waals surface area contributed by atoms with Gasteiger partial charge in [0.05, 0.1) is 11.1 Å². The molecule has 1 fully saturated rings. The van der Waals surface area contributed by atoms with Crippen LogP contribution in [0.1, 0.15) is 24.1 Å². The number of fused-ring (bicyclic) bond motifs is 1. The summed E-state index contributed by atoms with van der Waals surface area (Å²) >= 11 is 0. The van der Waals surface area contributed by atoms with Crippen LogP contribution in [0.15, 0.2) is 41.2 Å². The third-order valence-electron chi connectivity index (χ3n) is 5.26. The van der Waals surface area contributed by atoms with Gasteiger partial charge in [-0.1, -0.05) is 6.07 Å². The summed E-state index contributed by atoms with van der Waals surface area (Å²) in [6, 6.07) is 10.0. The van der Waals surface area contributed by atoms with Gasteiger partial charge in [-0.3, -0.25) is 4.57 Å². The molecule has 33 heavy (non-hydrogen) atoms. The lowest BCUT2D eigenvalue weighted by atomic mass is 10.1. The third-order valence-corrected chi connectivity index (χ3v) is 5.26. The molecular formula is C22H22F3N5O3. The molecule has 0 aliphatic carbocycles. The zero-order valence-electron chi connectivity index (χ0n) is 18.0. The lowest BCUT2D eigenvalue weighted by Crippen LogP contribution is -2.40. The lowest BCUT2D eigenvalue weighted by Gasteiger charge is -2.33. The van der Waals surface area contributed by atoms with Crippen molar-refractivity contribution in [2.75, 3.05) is 25.1 Å². The quantitative estimate of drug-likeness (QED) is 0.640. The number of pyridine rings is 1. The molecule has 0 saturated carbocycles. The minimum Gasteiger partial charge on any atom is -0.490 e. The number of benzene rings is 1. The normalized spacial score (nSPS) is 14.4. The molecule has 174 valence electrons. The van der Waals surface area contributed by atoms with Gasteiger partial charge in [-0.25, -0.2) is 9.78 Å². The first-order chi connectivity index (χ1) is 15.8. The van der Waals surface area contributed by atoms with Crippen LogP contribution in [0.5, 0.6) is 5.75 Å². The molecule has 0 radical (unpaired) electrons. The smallest absolute Gasteiger partial charge is 0.416 e. The molecule has 3 heterocycles. The Labute approximate surface area is 187 Å². The Bertz CT molecular complexity index is 1230. The highest BCUT2D eigenvalue weighted by Gasteiger charge is 2.31. The van der Waals surface area contributed by atoms with Gasteiger partial charge in [-0.05, 0) is 30.3 Å². The van der Waals surface area contributed by atoms with E-state index in [0.29, 0.717) is 42.8 Å². The second kappa shape index (κ2) is 9.87. The summed E-state index contributed by atoms with van der Waals surface area (Å²) in [5.41, 5.74) is 0.0562. The zero-order chi connectivity index (χ0) is 24.2. The average molecular weight is 461 g/mol. The summed E-state index contributed by atoms with van der Waals surface area (Å²) < 4.78 is 45.9. The summed E-state index contributed by atoms with van der Waals surface area (Å²) in [4.78, 5) is 22.6. The van der Waals surface area contributed by atoms with Gasteiger partial charge in [0.2, 0.25) is 0 Å². The predicted octanol–water partition coefficient (Wildman–Crippen LogP) is 2.88. The van der Waals surface area contributed by atoms with Gasteiger partial charge in [0.15, 0.2) is 5.82 Å². The average Bonchev–Trinajstić information content (AvgIpc) is 2.82. The molecule has 0 unspecified atom stereocenters. The van der Waals surface area contributed by atoms with Crippen molar-refractivity contribution in [1.82, 2.24) is 14.5 Å². The maximum Gasteiger partial charge on any atom is 0.416 e. The molecule has 0 spiro atoms. The highest BCUT2D eigenvalue weighted by Crippen LogP contribution is 2.32. The molecule has 1 saturated heterocycles. The second-order valence-corrected chi connectivity index (χ2v) is 7.28. The van der Waals surface area contributed by atoms with Crippen LogP contribution in [0.4, 0.5) is 19.0 Å². The Morgan fingerprint density at radius 3 is 2.48 bits per heavy atom. The first-order valence-corrected chi connectivity index (χ1v) is 10.1. The molecule has 0 bridgehead atoms. The van der Waals surface area contributed by atoms with E-state index in [4.69, 9.17) is 15.1 Å². The van der Waals surface area contributed by atoms with Crippen molar-refractivity contribution >= 4 is 16.9 Å². The first-order valence-electron chi connectivity index (χ1n) is 10.1. The number of nitriles is 1. The fraction of sp³-hybridized carbons (Fsp3) is 0.364. The number of rotatable bonds is 3. The molecule has 8 nitrogen and oxygen atoms in total. The summed E-state index contributed by atoms with van der Waals surface area (Å²) in [5.74, 6) is 0.568. The molecule has 1 N–H and O–H groups in total. The fourth-order valence-corrected chi connectivity index (χ4v) is 3.61. The molecule has 2 aromatic heterocycles. The Hall–Kier alpha value is -3.65. The molecule has 1 aliphatic heterocycles. The van der Waals surface area contributed by atoms with E-state index in [9.17, 15) is 18.0 Å². The summed E-state index contributed by atoms with van der Waals surface area (Å²) in [7, 11) is 2.59. The van der Waals surface area contributed by atoms with E-state index in [1.165, 1.54) is 16.7 Å². The first kappa shape index (κ1) is 24.0. The summed E-state index contributed by atoms with van der Waals surface area (Å²) in [6.07, 6.45) is -3.62. The molecule has 11 heteroatoms. The van der Waals surface area contributed by atoms with E-state index in [2.05, 4.69) is 9.97 Å². The molecule has 4 rings (SSSR count). The molecule has 0 atom stereocenters. The van der Waals surface area contributed by atoms with E-state index >= 15 is 0 Å². The number of aliphatic hydroxyl groups is 1. The van der Waals surface area contributed by atoms with Crippen molar-refractivity contribution in [2.24, 2.45) is 7.05 Å². The molecule has 0 amide bonds. The number of aliphatic hydroxyl groups excluding tert-OH is 1. The van der Waals surface area contributed by atoms with Crippen molar-refractivity contribution in [1.29, 1.82) is 5.26 Å². The number of nitrogens with zero attached hydrogens (tertiary/aromatic N) is 5. The lowest BCUT2D eigenvalue weighted by molar-refractivity contribution is -0.137. The van der Waals surface area contributed by atoms with Crippen LogP contribution in [-0.4, -0.2) is 45.9 Å². The van der Waals surface area contributed by atoms with Crippen LogP contribution in [0.25, 0.3) is 11.0 Å². The maximum atomic E-state index is 12.9. The third kappa shape index (κ3) is 5.23. The zero-order valence-corrected chi connectivity index (χ0v) is 18.0. The summed E-state index contributed by atoms with van der Waals surface area (Å²) in [5, 5.41) is 16.2. The van der Waals surface area contributed by atoms with Gasteiger partial charge < -0.3 is 14.7 Å². The molecule has 1 aromatic carbocycles. The van der Waals surface area contributed by atoms with Crippen LogP contribution < -0.4 is 15.3 Å². The van der Waals surface area contributed by atoms with E-state index in [-0.39, 0.29) is 17.5 Å². The van der Waals surface area contributed by atoms with Crippen LogP contribution >= 0.6 is 0 Å². The highest BCUT2D eigenvalue weighted by atomic mass is 19.4. The Morgan fingerprint density at radius 2 is 1.85 bits per heavy atom. The van der Waals surface area contributed by atoms with Crippen molar-refractivity contribution in [3.05, 3.63) is 58.1 Å². The number of hydrogen-bond acceptors (Lipinski definition) is 7. The number of alkyl halides is 3. The van der Waals surface area contributed by atoms with Crippen molar-refractivity contribution in [3.63, 3.8) is 0 Å². The minimum absolute atomic E-state index is 0.172. The Morgan fingerprint density at radius 1 is 1.15 bits per heavy atom. The topological polar surface area (TPSA) is 104 Å². The van der Waals surface area contributed by atoms with Gasteiger partial charge >= 0.3 is 11.9 Å². The van der Waals surface area contributed by atoms with Crippen molar-refractivity contribution in [2.45, 2.75) is 25.1 Å². The fourth-order valence-electron chi connectivity index (χ4n) is 3.61. The maximum absolute atomic E-state index is 12.9. The number of ether oxygens (including phenoxy) is 1. The number of piperidine rings is 1. The number of halogens is 3. The largest absolute Gasteiger partial charge is 0.490 e. The van der Waals surface area contributed by atoms with Crippen LogP contribution in [0.3, 0.4) is 0 Å². The van der Waals surface area contributed by atoms with Gasteiger partial charge in [0.1, 0.15) is 29.1 Å². The predicted molar refractivity (Wildman–Crippen MR) is 115 cm³/mol. The van der Waals surface area contributed by atoms with Gasteiger partial charge in [0.25, 0.3) is 0 Å². The van der Waals surface area contributed by atoms with E-state index in [1.54, 1.807) is 19.2 Å². The standard InChI is InChI=1S/C21H18F3N5O2.CH4O/c1-28-17-6-5-14(12-25)26-18(17)19(27-20(28)30)29-9-7-15(8-10-29)31-16-4-2-3-13(11-16)21(22,23)24;1-2/h2-6,11,15H,7-10H2,1H3;2H,1H3. The highest BCUT2D eigenvalue weighted by molar-refractivity contribution is 5.86. The number of hydrogen-bond donors (Lipinski definition) is 1. The monoisotopic (exact) mass is 461 g/mol. The van der Waals surface area contributed by atoms with E-state index in [0.717, 1.165) is 19.2 Å². The molecular weight excluding hydrogens is 439 g/mol. The molecule has 1 aliphatic rings. The van der Waals surface area contributed by atoms with Gasteiger partial charge in [-0.2, -0.15) is 23.4 Å². The van der Waals surface area contributed by atoms with Crippen molar-refractivity contribution < 1.29 is 23.0 Å². The van der Waals surface area contributed by atoms with Crippen LogP contribution in [0.2, 0.25) is 0 Å². The van der Waals surface area contributed by atoms with Gasteiger partial charge in [0, 0.05) is 40.1 Å². The Kier molecular flexibility index (Phi) is 7.18. The van der Waals surface area contributed by atoms with Crippen LogP contribution in [-0.2, 0) is 13.2 Å².